The lowest BCUT2D eigenvalue weighted by Crippen LogP contribution is -2.31. The molecule has 2 aromatic heterocycles. The minimum absolute atomic E-state index is 0.0147. The van der Waals surface area contributed by atoms with Crippen molar-refractivity contribution >= 4 is 17.3 Å². The fourth-order valence-corrected chi connectivity index (χ4v) is 2.56. The normalized spacial score (nSPS) is 15.0. The van der Waals surface area contributed by atoms with Crippen LogP contribution in [0.15, 0.2) is 21.3 Å². The van der Waals surface area contributed by atoms with Gasteiger partial charge in [-0.25, -0.2) is 0 Å². The maximum Gasteiger partial charge on any atom is 0.317 e. The Bertz CT molecular complexity index is 563. The van der Waals surface area contributed by atoms with Gasteiger partial charge in [0.1, 0.15) is 0 Å². The highest BCUT2D eigenvalue weighted by Crippen LogP contribution is 2.28. The zero-order valence-corrected chi connectivity index (χ0v) is 11.0. The predicted octanol–water partition coefficient (Wildman–Crippen LogP) is 1.85. The number of carboxylic acid groups (broad SMARTS) is 1. The molecule has 1 aliphatic carbocycles. The molecule has 0 aliphatic heterocycles. The molecule has 2 aromatic rings. The first-order chi connectivity index (χ1) is 9.22. The monoisotopic (exact) mass is 279 g/mol. The third-order valence-electron chi connectivity index (χ3n) is 2.99. The lowest BCUT2D eigenvalue weighted by Gasteiger charge is -2.16. The molecule has 0 bridgehead atoms. The number of rotatable bonds is 6. The smallest absolute Gasteiger partial charge is 0.317 e. The highest BCUT2D eigenvalue weighted by molar-refractivity contribution is 7.08. The Morgan fingerprint density at radius 3 is 3.05 bits per heavy atom. The van der Waals surface area contributed by atoms with Crippen molar-refractivity contribution in [1.82, 2.24) is 15.0 Å². The Balaban J connectivity index is 1.70. The van der Waals surface area contributed by atoms with Gasteiger partial charge in [-0.15, -0.1) is 0 Å². The summed E-state index contributed by atoms with van der Waals surface area (Å²) < 4.78 is 5.19. The van der Waals surface area contributed by atoms with Crippen LogP contribution in [0, 0.1) is 0 Å². The van der Waals surface area contributed by atoms with E-state index in [-0.39, 0.29) is 6.54 Å². The van der Waals surface area contributed by atoms with Crippen LogP contribution in [0.1, 0.15) is 18.7 Å². The van der Waals surface area contributed by atoms with Crippen molar-refractivity contribution in [3.63, 3.8) is 0 Å². The summed E-state index contributed by atoms with van der Waals surface area (Å²) in [7, 11) is 0. The number of thiophene rings is 1. The Morgan fingerprint density at radius 2 is 2.42 bits per heavy atom. The van der Waals surface area contributed by atoms with Gasteiger partial charge in [0.05, 0.1) is 13.1 Å². The highest BCUT2D eigenvalue weighted by Gasteiger charge is 2.31. The molecule has 100 valence electrons. The minimum Gasteiger partial charge on any atom is -0.480 e. The molecule has 19 heavy (non-hydrogen) atoms. The third-order valence-corrected chi connectivity index (χ3v) is 3.67. The molecule has 1 N–H and O–H groups in total. The molecule has 1 aliphatic rings. The first-order valence-corrected chi connectivity index (χ1v) is 6.97. The molecule has 0 radical (unpaired) electrons. The van der Waals surface area contributed by atoms with Crippen LogP contribution in [0.3, 0.4) is 0 Å². The molecule has 0 unspecified atom stereocenters. The summed E-state index contributed by atoms with van der Waals surface area (Å²) in [4.78, 5) is 17.0. The van der Waals surface area contributed by atoms with E-state index in [2.05, 4.69) is 10.1 Å². The molecular weight excluding hydrogens is 266 g/mol. The summed E-state index contributed by atoms with van der Waals surface area (Å²) in [5, 5.41) is 16.7. The van der Waals surface area contributed by atoms with Crippen LogP contribution >= 0.6 is 11.3 Å². The average Bonchev–Trinajstić information content (AvgIpc) is 2.89. The van der Waals surface area contributed by atoms with Gasteiger partial charge < -0.3 is 9.63 Å². The Labute approximate surface area is 113 Å². The van der Waals surface area contributed by atoms with E-state index in [0.29, 0.717) is 24.3 Å². The van der Waals surface area contributed by atoms with Gasteiger partial charge in [0, 0.05) is 17.0 Å². The average molecular weight is 279 g/mol. The molecular formula is C12H13N3O3S. The van der Waals surface area contributed by atoms with Gasteiger partial charge in [-0.2, -0.15) is 16.3 Å². The van der Waals surface area contributed by atoms with Gasteiger partial charge in [-0.3, -0.25) is 9.69 Å². The molecule has 1 fully saturated rings. The quantitative estimate of drug-likeness (QED) is 0.869. The largest absolute Gasteiger partial charge is 0.480 e. The third kappa shape index (κ3) is 2.99. The van der Waals surface area contributed by atoms with Crippen LogP contribution in [-0.2, 0) is 11.3 Å². The maximum atomic E-state index is 10.8. The van der Waals surface area contributed by atoms with Crippen LogP contribution in [0.25, 0.3) is 11.4 Å². The van der Waals surface area contributed by atoms with Crippen LogP contribution in [0.2, 0.25) is 0 Å². The number of hydrogen-bond donors (Lipinski definition) is 1. The van der Waals surface area contributed by atoms with Gasteiger partial charge in [-0.05, 0) is 24.3 Å². The van der Waals surface area contributed by atoms with E-state index in [1.54, 1.807) is 11.3 Å². The summed E-state index contributed by atoms with van der Waals surface area (Å²) in [6.07, 6.45) is 2.08. The number of hydrogen-bond acceptors (Lipinski definition) is 6. The van der Waals surface area contributed by atoms with Gasteiger partial charge in [0.15, 0.2) is 0 Å². The van der Waals surface area contributed by atoms with Gasteiger partial charge in [-0.1, -0.05) is 5.16 Å². The van der Waals surface area contributed by atoms with Crippen molar-refractivity contribution in [2.45, 2.75) is 25.4 Å². The maximum absolute atomic E-state index is 10.8. The first kappa shape index (κ1) is 12.3. The Hall–Kier alpha value is -1.73. The van der Waals surface area contributed by atoms with Crippen LogP contribution in [0.5, 0.6) is 0 Å². The lowest BCUT2D eigenvalue weighted by atomic mass is 10.3. The molecule has 2 heterocycles. The number of carboxylic acids is 1. The number of aromatic nitrogens is 2. The molecule has 7 heteroatoms. The van der Waals surface area contributed by atoms with E-state index in [0.717, 1.165) is 18.4 Å². The fraction of sp³-hybridized carbons (Fsp3) is 0.417. The van der Waals surface area contributed by atoms with Crippen molar-refractivity contribution < 1.29 is 14.4 Å². The van der Waals surface area contributed by atoms with E-state index < -0.39 is 5.97 Å². The van der Waals surface area contributed by atoms with E-state index in [1.165, 1.54) is 0 Å². The SMILES string of the molecule is O=C(O)CN(Cc1nc(-c2ccsc2)no1)C1CC1. The van der Waals surface area contributed by atoms with Crippen LogP contribution in [-0.4, -0.2) is 38.7 Å². The van der Waals surface area contributed by atoms with Crippen molar-refractivity contribution in [3.8, 4) is 11.4 Å². The van der Waals surface area contributed by atoms with E-state index >= 15 is 0 Å². The topological polar surface area (TPSA) is 79.5 Å². The second kappa shape index (κ2) is 5.10. The van der Waals surface area contributed by atoms with Gasteiger partial charge >= 0.3 is 5.97 Å². The molecule has 0 amide bonds. The van der Waals surface area contributed by atoms with E-state index in [4.69, 9.17) is 9.63 Å². The summed E-state index contributed by atoms with van der Waals surface area (Å²) in [6.45, 7) is 0.412. The van der Waals surface area contributed by atoms with E-state index in [1.807, 2.05) is 21.7 Å². The van der Waals surface area contributed by atoms with Crippen molar-refractivity contribution in [3.05, 3.63) is 22.7 Å². The first-order valence-electron chi connectivity index (χ1n) is 6.03. The van der Waals surface area contributed by atoms with Gasteiger partial charge in [0.25, 0.3) is 0 Å². The van der Waals surface area contributed by atoms with Crippen molar-refractivity contribution in [1.29, 1.82) is 0 Å². The summed E-state index contributed by atoms with van der Waals surface area (Å²) >= 11 is 1.57. The van der Waals surface area contributed by atoms with Crippen molar-refractivity contribution in [2.75, 3.05) is 6.54 Å². The van der Waals surface area contributed by atoms with E-state index in [9.17, 15) is 4.79 Å². The van der Waals surface area contributed by atoms with Crippen LogP contribution in [0.4, 0.5) is 0 Å². The van der Waals surface area contributed by atoms with Crippen LogP contribution < -0.4 is 0 Å². The van der Waals surface area contributed by atoms with Gasteiger partial charge in [0.2, 0.25) is 11.7 Å². The molecule has 0 atom stereocenters. The summed E-state index contributed by atoms with van der Waals surface area (Å²) in [6, 6.07) is 2.27. The highest BCUT2D eigenvalue weighted by atomic mass is 32.1. The fourth-order valence-electron chi connectivity index (χ4n) is 1.93. The summed E-state index contributed by atoms with van der Waals surface area (Å²) in [5.74, 6) is 0.196. The molecule has 6 nitrogen and oxygen atoms in total. The molecule has 3 rings (SSSR count). The number of aliphatic carboxylic acids is 1. The molecule has 0 spiro atoms. The zero-order valence-electron chi connectivity index (χ0n) is 10.2. The predicted molar refractivity (Wildman–Crippen MR) is 68.7 cm³/mol. The second-order valence-corrected chi connectivity index (χ2v) is 5.33. The molecule has 0 aromatic carbocycles. The second-order valence-electron chi connectivity index (χ2n) is 4.55. The molecule has 1 saturated carbocycles. The zero-order chi connectivity index (χ0) is 13.2. The number of carbonyl (C=O) groups is 1. The number of nitrogens with zero attached hydrogens (tertiary/aromatic N) is 3. The standard InChI is InChI=1S/C12H13N3O3S/c16-11(17)6-15(9-1-2-9)5-10-13-12(14-18-10)8-3-4-19-7-8/h3-4,7,9H,1-2,5-6H2,(H,16,17). The minimum atomic E-state index is -0.829. The molecule has 0 saturated heterocycles. The Kier molecular flexibility index (Phi) is 3.31. The van der Waals surface area contributed by atoms with Crippen molar-refractivity contribution in [2.24, 2.45) is 0 Å². The lowest BCUT2D eigenvalue weighted by molar-refractivity contribution is -0.138. The summed E-state index contributed by atoms with van der Waals surface area (Å²) in [5.41, 5.74) is 0.927. The Morgan fingerprint density at radius 1 is 1.58 bits per heavy atom.